The van der Waals surface area contributed by atoms with Crippen molar-refractivity contribution < 1.29 is 14.0 Å². The van der Waals surface area contributed by atoms with Crippen LogP contribution in [0.1, 0.15) is 29.8 Å². The highest BCUT2D eigenvalue weighted by Gasteiger charge is 2.41. The Morgan fingerprint density at radius 3 is 2.64 bits per heavy atom. The summed E-state index contributed by atoms with van der Waals surface area (Å²) in [6, 6.07) is 8.53. The van der Waals surface area contributed by atoms with Gasteiger partial charge in [-0.15, -0.1) is 0 Å². The van der Waals surface area contributed by atoms with Gasteiger partial charge >= 0.3 is 0 Å². The average molecular weight is 513 g/mol. The van der Waals surface area contributed by atoms with Crippen molar-refractivity contribution in [2.24, 2.45) is 0 Å². The topological polar surface area (TPSA) is 99.6 Å². The number of rotatable bonds is 5. The summed E-state index contributed by atoms with van der Waals surface area (Å²) in [7, 11) is 1.89. The fourth-order valence-corrected chi connectivity index (χ4v) is 4.78. The number of likely N-dealkylation sites (tertiary alicyclic amines) is 1. The van der Waals surface area contributed by atoms with Crippen LogP contribution in [0.3, 0.4) is 0 Å². The standard InChI is InChI=1S/C25H26ClFN6O3/c1-14-30-19-10-28-22-17(21(19)31(14)3)8-18(23(35)29-9-15-4-6-16(26)7-5-15)24(36)33(22)11-20(34)32-12-25(2,27)13-32/h4-8,10,14,30H,9,11-13H2,1-3H3,(H,29,35). The number of amides is 2. The van der Waals surface area contributed by atoms with Crippen LogP contribution in [0.15, 0.2) is 41.3 Å². The summed E-state index contributed by atoms with van der Waals surface area (Å²) in [6.45, 7) is 3.18. The lowest BCUT2D eigenvalue weighted by molar-refractivity contribution is -0.144. The van der Waals surface area contributed by atoms with Crippen molar-refractivity contribution in [3.05, 3.63) is 63.0 Å². The van der Waals surface area contributed by atoms with Crippen molar-refractivity contribution in [2.45, 2.75) is 38.8 Å². The van der Waals surface area contributed by atoms with E-state index in [9.17, 15) is 18.8 Å². The van der Waals surface area contributed by atoms with E-state index in [1.807, 2.05) is 18.9 Å². The second-order valence-electron chi connectivity index (χ2n) is 9.61. The molecule has 1 aromatic carbocycles. The molecule has 3 aromatic rings. The number of fused-ring (bicyclic) bond motifs is 3. The number of nitrogens with zero attached hydrogens (tertiary/aromatic N) is 4. The zero-order chi connectivity index (χ0) is 25.8. The Bertz CT molecular complexity index is 1430. The van der Waals surface area contributed by atoms with Gasteiger partial charge in [0, 0.05) is 24.0 Å². The van der Waals surface area contributed by atoms with Gasteiger partial charge in [-0.2, -0.15) is 0 Å². The molecule has 0 spiro atoms. The predicted octanol–water partition coefficient (Wildman–Crippen LogP) is 2.76. The van der Waals surface area contributed by atoms with Gasteiger partial charge in [0.25, 0.3) is 11.5 Å². The van der Waals surface area contributed by atoms with E-state index in [-0.39, 0.29) is 43.6 Å². The number of benzene rings is 1. The first kappa shape index (κ1) is 24.1. The number of halogens is 2. The third-order valence-electron chi connectivity index (χ3n) is 6.68. The van der Waals surface area contributed by atoms with Gasteiger partial charge in [-0.3, -0.25) is 19.0 Å². The zero-order valence-corrected chi connectivity index (χ0v) is 20.9. The molecular formula is C25H26ClFN6O3. The first-order chi connectivity index (χ1) is 17.0. The van der Waals surface area contributed by atoms with Crippen LogP contribution in [0.5, 0.6) is 0 Å². The number of aromatic nitrogens is 2. The minimum atomic E-state index is -1.43. The van der Waals surface area contributed by atoms with E-state index in [0.717, 1.165) is 16.9 Å². The van der Waals surface area contributed by atoms with E-state index in [1.54, 1.807) is 30.5 Å². The molecule has 36 heavy (non-hydrogen) atoms. The molecule has 1 unspecified atom stereocenters. The van der Waals surface area contributed by atoms with Gasteiger partial charge in [-0.1, -0.05) is 23.7 Å². The molecule has 2 aliphatic rings. The highest BCUT2D eigenvalue weighted by molar-refractivity contribution is 6.30. The number of alkyl halides is 1. The minimum Gasteiger partial charge on any atom is -0.362 e. The van der Waals surface area contributed by atoms with Crippen LogP contribution in [0.25, 0.3) is 11.0 Å². The Morgan fingerprint density at radius 1 is 1.28 bits per heavy atom. The predicted molar refractivity (Wildman–Crippen MR) is 136 cm³/mol. The normalized spacial score (nSPS) is 18.0. The summed E-state index contributed by atoms with van der Waals surface area (Å²) >= 11 is 5.93. The molecule has 2 aliphatic heterocycles. The van der Waals surface area contributed by atoms with Crippen molar-refractivity contribution in [1.29, 1.82) is 0 Å². The van der Waals surface area contributed by atoms with Crippen LogP contribution in [0.4, 0.5) is 15.8 Å². The fraction of sp³-hybridized carbons (Fsp3) is 0.360. The Labute approximate surface area is 211 Å². The van der Waals surface area contributed by atoms with Crippen LogP contribution in [0.2, 0.25) is 5.02 Å². The quantitative estimate of drug-likeness (QED) is 0.545. The van der Waals surface area contributed by atoms with Gasteiger partial charge in [-0.05, 0) is 37.6 Å². The minimum absolute atomic E-state index is 0.0279. The summed E-state index contributed by atoms with van der Waals surface area (Å²) in [6.07, 6.45) is 1.58. The van der Waals surface area contributed by atoms with Crippen LogP contribution in [0, 0.1) is 0 Å². The largest absolute Gasteiger partial charge is 0.362 e. The molecule has 11 heteroatoms. The summed E-state index contributed by atoms with van der Waals surface area (Å²) in [5, 5.41) is 7.23. The number of nitrogens with one attached hydrogen (secondary N) is 2. The number of hydrogen-bond acceptors (Lipinski definition) is 6. The Kier molecular flexibility index (Phi) is 5.86. The van der Waals surface area contributed by atoms with E-state index in [2.05, 4.69) is 15.6 Å². The molecule has 0 aliphatic carbocycles. The van der Waals surface area contributed by atoms with Gasteiger partial charge in [0.1, 0.15) is 23.4 Å². The maximum atomic E-state index is 14.0. The monoisotopic (exact) mass is 512 g/mol. The lowest BCUT2D eigenvalue weighted by Gasteiger charge is -2.42. The molecule has 2 aromatic heterocycles. The molecule has 0 bridgehead atoms. The maximum absolute atomic E-state index is 14.0. The number of carbonyl (C=O) groups is 2. The third kappa shape index (κ3) is 4.26. The summed E-state index contributed by atoms with van der Waals surface area (Å²) in [4.78, 5) is 47.3. The van der Waals surface area contributed by atoms with Crippen molar-refractivity contribution in [3.8, 4) is 0 Å². The van der Waals surface area contributed by atoms with Crippen molar-refractivity contribution in [3.63, 3.8) is 0 Å². The lowest BCUT2D eigenvalue weighted by Crippen LogP contribution is -2.60. The van der Waals surface area contributed by atoms with E-state index < -0.39 is 23.0 Å². The Hall–Kier alpha value is -3.66. The van der Waals surface area contributed by atoms with Crippen molar-refractivity contribution in [2.75, 3.05) is 30.4 Å². The zero-order valence-electron chi connectivity index (χ0n) is 20.1. The van der Waals surface area contributed by atoms with Crippen molar-refractivity contribution in [1.82, 2.24) is 19.8 Å². The molecule has 2 N–H and O–H groups in total. The second-order valence-corrected chi connectivity index (χ2v) is 10.0. The Balaban J connectivity index is 1.54. The lowest BCUT2D eigenvalue weighted by atomic mass is 9.99. The smallest absolute Gasteiger partial charge is 0.265 e. The molecule has 2 amide bonds. The first-order valence-electron chi connectivity index (χ1n) is 11.6. The first-order valence-corrected chi connectivity index (χ1v) is 12.0. The third-order valence-corrected chi connectivity index (χ3v) is 6.94. The molecule has 188 valence electrons. The molecule has 1 atom stereocenters. The number of anilines is 2. The fourth-order valence-electron chi connectivity index (χ4n) is 4.65. The number of pyridine rings is 2. The maximum Gasteiger partial charge on any atom is 0.265 e. The van der Waals surface area contributed by atoms with Crippen LogP contribution in [-0.2, 0) is 17.9 Å². The molecule has 1 saturated heterocycles. The molecular weight excluding hydrogens is 487 g/mol. The van der Waals surface area contributed by atoms with E-state index in [1.165, 1.54) is 22.5 Å². The second kappa shape index (κ2) is 8.77. The highest BCUT2D eigenvalue weighted by Crippen LogP contribution is 2.38. The SMILES string of the molecule is CC1Nc2cnc3c(cc(C(=O)NCc4ccc(Cl)cc4)c(=O)n3CC(=O)N3CC(C)(F)C3)c2N1C. The molecule has 1 fully saturated rings. The average Bonchev–Trinajstić information content (AvgIpc) is 3.11. The number of carbonyl (C=O) groups excluding carboxylic acids is 2. The molecule has 0 radical (unpaired) electrons. The highest BCUT2D eigenvalue weighted by atomic mass is 35.5. The van der Waals surface area contributed by atoms with Gasteiger partial charge in [0.15, 0.2) is 0 Å². The molecule has 4 heterocycles. The van der Waals surface area contributed by atoms with Crippen LogP contribution < -0.4 is 21.1 Å². The van der Waals surface area contributed by atoms with Gasteiger partial charge in [0.05, 0.1) is 36.8 Å². The van der Waals surface area contributed by atoms with Gasteiger partial charge in [-0.25, -0.2) is 9.37 Å². The molecule has 0 saturated carbocycles. The molecule has 5 rings (SSSR count). The summed E-state index contributed by atoms with van der Waals surface area (Å²) in [5.41, 5.74) is 0.464. The summed E-state index contributed by atoms with van der Waals surface area (Å²) < 4.78 is 15.2. The van der Waals surface area contributed by atoms with Crippen LogP contribution >= 0.6 is 11.6 Å². The van der Waals surface area contributed by atoms with E-state index in [0.29, 0.717) is 10.4 Å². The van der Waals surface area contributed by atoms with E-state index in [4.69, 9.17) is 11.6 Å². The Morgan fingerprint density at radius 2 is 1.97 bits per heavy atom. The van der Waals surface area contributed by atoms with Gasteiger partial charge in [0.2, 0.25) is 5.91 Å². The molecule has 9 nitrogen and oxygen atoms in total. The van der Waals surface area contributed by atoms with E-state index >= 15 is 0 Å². The van der Waals surface area contributed by atoms with Gasteiger partial charge < -0.3 is 20.4 Å². The summed E-state index contributed by atoms with van der Waals surface area (Å²) in [5.74, 6) is -0.980. The van der Waals surface area contributed by atoms with Crippen molar-refractivity contribution >= 4 is 45.8 Å². The van der Waals surface area contributed by atoms with Crippen LogP contribution in [-0.4, -0.2) is 58.2 Å². The number of hydrogen-bond donors (Lipinski definition) is 2.